The summed E-state index contributed by atoms with van der Waals surface area (Å²) < 4.78 is 0. The van der Waals surface area contributed by atoms with Gasteiger partial charge in [-0.3, -0.25) is 14.4 Å². The summed E-state index contributed by atoms with van der Waals surface area (Å²) in [5.41, 5.74) is 2.80. The molecule has 2 aromatic carbocycles. The molecular formula is C22H25Cl2N3O3. The first kappa shape index (κ1) is 23.7. The van der Waals surface area contributed by atoms with Crippen molar-refractivity contribution in [3.63, 3.8) is 0 Å². The molecular weight excluding hydrogens is 425 g/mol. The van der Waals surface area contributed by atoms with Gasteiger partial charge in [0.15, 0.2) is 0 Å². The predicted octanol–water partition coefficient (Wildman–Crippen LogP) is 4.12. The molecule has 0 saturated carbocycles. The quantitative estimate of drug-likeness (QED) is 0.593. The minimum atomic E-state index is -0.836. The van der Waals surface area contributed by atoms with Crippen molar-refractivity contribution in [2.24, 2.45) is 5.92 Å². The number of aryl methyl sites for hydroxylation is 2. The molecule has 0 saturated heterocycles. The van der Waals surface area contributed by atoms with E-state index >= 15 is 0 Å². The van der Waals surface area contributed by atoms with Crippen LogP contribution in [0.15, 0.2) is 36.4 Å². The Balaban J connectivity index is 2.00. The number of halogens is 2. The van der Waals surface area contributed by atoms with Crippen molar-refractivity contribution in [3.8, 4) is 0 Å². The summed E-state index contributed by atoms with van der Waals surface area (Å²) in [4.78, 5) is 37.5. The van der Waals surface area contributed by atoms with E-state index in [1.165, 1.54) is 12.1 Å². The number of para-hydroxylation sites is 1. The summed E-state index contributed by atoms with van der Waals surface area (Å²) in [6.07, 6.45) is 0. The molecule has 1 unspecified atom stereocenters. The van der Waals surface area contributed by atoms with E-state index < -0.39 is 17.9 Å². The Kier molecular flexibility index (Phi) is 8.26. The van der Waals surface area contributed by atoms with E-state index in [1.807, 2.05) is 32.0 Å². The molecule has 2 rings (SSSR count). The van der Waals surface area contributed by atoms with Crippen LogP contribution in [0.25, 0.3) is 0 Å². The molecule has 0 aliphatic carbocycles. The minimum absolute atomic E-state index is 0.191. The first-order valence-corrected chi connectivity index (χ1v) is 10.3. The standard InChI is InChI=1S/C22H25Cl2N3O3/c1-12(2)19(27-21(29)16-9-8-15(23)10-17(16)24)22(30)25-11-18(28)26-20-13(3)6-5-7-14(20)4/h5-10,12,19H,11H2,1-4H3,(H,25,30)(H,26,28)(H,27,29). The van der Waals surface area contributed by atoms with Gasteiger partial charge in [-0.2, -0.15) is 0 Å². The van der Waals surface area contributed by atoms with Gasteiger partial charge in [-0.1, -0.05) is 55.2 Å². The van der Waals surface area contributed by atoms with E-state index in [2.05, 4.69) is 16.0 Å². The van der Waals surface area contributed by atoms with Crippen molar-refractivity contribution in [1.29, 1.82) is 0 Å². The zero-order valence-corrected chi connectivity index (χ0v) is 18.8. The van der Waals surface area contributed by atoms with Crippen LogP contribution in [0.2, 0.25) is 10.0 Å². The molecule has 3 amide bonds. The molecule has 30 heavy (non-hydrogen) atoms. The van der Waals surface area contributed by atoms with Crippen LogP contribution in [0, 0.1) is 19.8 Å². The summed E-state index contributed by atoms with van der Waals surface area (Å²) in [5, 5.41) is 8.67. The van der Waals surface area contributed by atoms with E-state index in [-0.39, 0.29) is 29.0 Å². The fourth-order valence-corrected chi connectivity index (χ4v) is 3.39. The minimum Gasteiger partial charge on any atom is -0.345 e. The summed E-state index contributed by atoms with van der Waals surface area (Å²) in [6.45, 7) is 7.17. The van der Waals surface area contributed by atoms with Gasteiger partial charge in [0.25, 0.3) is 5.91 Å². The van der Waals surface area contributed by atoms with Gasteiger partial charge in [-0.25, -0.2) is 0 Å². The lowest BCUT2D eigenvalue weighted by atomic mass is 10.0. The summed E-state index contributed by atoms with van der Waals surface area (Å²) in [6, 6.07) is 9.36. The third kappa shape index (κ3) is 6.21. The maximum atomic E-state index is 12.6. The normalized spacial score (nSPS) is 11.7. The number of carbonyl (C=O) groups excluding carboxylic acids is 3. The highest BCUT2D eigenvalue weighted by Crippen LogP contribution is 2.21. The number of nitrogens with one attached hydrogen (secondary N) is 3. The van der Waals surface area contributed by atoms with Crippen LogP contribution in [0.1, 0.15) is 35.3 Å². The van der Waals surface area contributed by atoms with E-state index in [0.29, 0.717) is 5.02 Å². The first-order valence-electron chi connectivity index (χ1n) is 9.49. The molecule has 0 radical (unpaired) electrons. The van der Waals surface area contributed by atoms with Crippen LogP contribution in [0.3, 0.4) is 0 Å². The molecule has 0 fully saturated rings. The van der Waals surface area contributed by atoms with Gasteiger partial charge in [-0.15, -0.1) is 0 Å². The molecule has 8 heteroatoms. The van der Waals surface area contributed by atoms with E-state index in [1.54, 1.807) is 19.9 Å². The number of amides is 3. The summed E-state index contributed by atoms with van der Waals surface area (Å²) >= 11 is 11.9. The van der Waals surface area contributed by atoms with Crippen LogP contribution in [0.5, 0.6) is 0 Å². The van der Waals surface area contributed by atoms with E-state index in [9.17, 15) is 14.4 Å². The lowest BCUT2D eigenvalue weighted by Gasteiger charge is -2.22. The molecule has 2 aromatic rings. The Morgan fingerprint density at radius 1 is 1.00 bits per heavy atom. The smallest absolute Gasteiger partial charge is 0.253 e. The lowest BCUT2D eigenvalue weighted by molar-refractivity contribution is -0.126. The molecule has 3 N–H and O–H groups in total. The monoisotopic (exact) mass is 449 g/mol. The number of carbonyl (C=O) groups is 3. The van der Waals surface area contributed by atoms with E-state index in [4.69, 9.17) is 23.2 Å². The molecule has 0 heterocycles. The van der Waals surface area contributed by atoms with Gasteiger partial charge in [0.2, 0.25) is 11.8 Å². The Bertz CT molecular complexity index is 940. The molecule has 0 aliphatic heterocycles. The molecule has 0 spiro atoms. The maximum absolute atomic E-state index is 12.6. The van der Waals surface area contributed by atoms with Gasteiger partial charge in [0.1, 0.15) is 6.04 Å². The zero-order valence-electron chi connectivity index (χ0n) is 17.3. The van der Waals surface area contributed by atoms with Crippen molar-refractivity contribution < 1.29 is 14.4 Å². The zero-order chi connectivity index (χ0) is 22.4. The van der Waals surface area contributed by atoms with Gasteiger partial charge in [-0.05, 0) is 49.1 Å². The van der Waals surface area contributed by atoms with E-state index in [0.717, 1.165) is 16.8 Å². The summed E-state index contributed by atoms with van der Waals surface area (Å²) in [5.74, 6) is -1.51. The number of anilines is 1. The SMILES string of the molecule is Cc1cccc(C)c1NC(=O)CNC(=O)C(NC(=O)c1ccc(Cl)cc1Cl)C(C)C. The van der Waals surface area contributed by atoms with Crippen LogP contribution >= 0.6 is 23.2 Å². The topological polar surface area (TPSA) is 87.3 Å². The second-order valence-corrected chi connectivity index (χ2v) is 8.20. The number of hydrogen-bond acceptors (Lipinski definition) is 3. The van der Waals surface area contributed by atoms with Crippen molar-refractivity contribution >= 4 is 46.6 Å². The molecule has 1 atom stereocenters. The number of rotatable bonds is 7. The van der Waals surface area contributed by atoms with Gasteiger partial charge < -0.3 is 16.0 Å². The van der Waals surface area contributed by atoms with Gasteiger partial charge in [0, 0.05) is 10.7 Å². The largest absolute Gasteiger partial charge is 0.345 e. The second kappa shape index (κ2) is 10.5. The predicted molar refractivity (Wildman–Crippen MR) is 120 cm³/mol. The van der Waals surface area contributed by atoms with Crippen LogP contribution < -0.4 is 16.0 Å². The van der Waals surface area contributed by atoms with Crippen molar-refractivity contribution in [2.45, 2.75) is 33.7 Å². The third-order valence-corrected chi connectivity index (χ3v) is 5.13. The Morgan fingerprint density at radius 3 is 2.20 bits per heavy atom. The molecule has 0 aliphatic rings. The highest BCUT2D eigenvalue weighted by Gasteiger charge is 2.26. The molecule has 0 aromatic heterocycles. The van der Waals surface area contributed by atoms with Crippen molar-refractivity contribution in [3.05, 3.63) is 63.1 Å². The molecule has 6 nitrogen and oxygen atoms in total. The van der Waals surface area contributed by atoms with Crippen LogP contribution in [-0.2, 0) is 9.59 Å². The van der Waals surface area contributed by atoms with Gasteiger partial charge >= 0.3 is 0 Å². The number of benzene rings is 2. The Morgan fingerprint density at radius 2 is 1.63 bits per heavy atom. The van der Waals surface area contributed by atoms with Gasteiger partial charge in [0.05, 0.1) is 17.1 Å². The second-order valence-electron chi connectivity index (χ2n) is 7.35. The highest BCUT2D eigenvalue weighted by molar-refractivity contribution is 6.36. The van der Waals surface area contributed by atoms with Crippen LogP contribution in [0.4, 0.5) is 5.69 Å². The average Bonchev–Trinajstić information content (AvgIpc) is 2.66. The average molecular weight is 450 g/mol. The van der Waals surface area contributed by atoms with Crippen LogP contribution in [-0.4, -0.2) is 30.3 Å². The fourth-order valence-electron chi connectivity index (χ4n) is 2.90. The molecule has 160 valence electrons. The maximum Gasteiger partial charge on any atom is 0.253 e. The first-order chi connectivity index (χ1) is 14.1. The highest BCUT2D eigenvalue weighted by atomic mass is 35.5. The molecule has 0 bridgehead atoms. The fraction of sp³-hybridized carbons (Fsp3) is 0.318. The Labute approximate surface area is 186 Å². The Hall–Kier alpha value is -2.57. The van der Waals surface area contributed by atoms with Crippen molar-refractivity contribution in [1.82, 2.24) is 10.6 Å². The summed E-state index contributed by atoms with van der Waals surface area (Å²) in [7, 11) is 0. The van der Waals surface area contributed by atoms with Crippen molar-refractivity contribution in [2.75, 3.05) is 11.9 Å². The lowest BCUT2D eigenvalue weighted by Crippen LogP contribution is -2.51. The third-order valence-electron chi connectivity index (χ3n) is 4.58. The number of hydrogen-bond donors (Lipinski definition) is 3.